The highest BCUT2D eigenvalue weighted by Gasteiger charge is 2.42. The summed E-state index contributed by atoms with van der Waals surface area (Å²) >= 11 is 1.39. The predicted octanol–water partition coefficient (Wildman–Crippen LogP) is 3.47. The molecule has 0 aliphatic heterocycles. The lowest BCUT2D eigenvalue weighted by Crippen LogP contribution is -2.55. The van der Waals surface area contributed by atoms with E-state index in [1.54, 1.807) is 18.4 Å². The Labute approximate surface area is 143 Å². The number of aryl methyl sites for hydroxylation is 1. The second-order valence-corrected chi connectivity index (χ2v) is 7.61. The first-order valence-corrected chi connectivity index (χ1v) is 8.79. The molecular formula is C17H20N2O4S. The van der Waals surface area contributed by atoms with Crippen LogP contribution in [0.2, 0.25) is 0 Å². The summed E-state index contributed by atoms with van der Waals surface area (Å²) in [7, 11) is 0. The molecule has 2 aromatic heterocycles. The number of nitrogens with zero attached hydrogens (tertiary/aromatic N) is 1. The number of nitrogens with one attached hydrogen (secondary N) is 1. The van der Waals surface area contributed by atoms with Gasteiger partial charge in [-0.05, 0) is 38.8 Å². The molecule has 1 saturated carbocycles. The Morgan fingerprint density at radius 2 is 2.25 bits per heavy atom. The van der Waals surface area contributed by atoms with Gasteiger partial charge in [0.2, 0.25) is 0 Å². The molecule has 1 fully saturated rings. The number of rotatable bonds is 4. The van der Waals surface area contributed by atoms with E-state index in [-0.39, 0.29) is 5.91 Å². The fourth-order valence-corrected chi connectivity index (χ4v) is 4.19. The van der Waals surface area contributed by atoms with Crippen LogP contribution < -0.4 is 5.32 Å². The van der Waals surface area contributed by atoms with Crippen molar-refractivity contribution in [3.05, 3.63) is 29.0 Å². The van der Waals surface area contributed by atoms with Crippen LogP contribution in [0.15, 0.2) is 22.8 Å². The molecule has 7 heteroatoms. The topological polar surface area (TPSA) is 92.4 Å². The zero-order chi connectivity index (χ0) is 17.3. The lowest BCUT2D eigenvalue weighted by molar-refractivity contribution is -0.145. The maximum absolute atomic E-state index is 12.7. The van der Waals surface area contributed by atoms with E-state index in [9.17, 15) is 14.7 Å². The number of aromatic nitrogens is 1. The van der Waals surface area contributed by atoms with Gasteiger partial charge >= 0.3 is 5.97 Å². The number of thiazole rings is 1. The Morgan fingerprint density at radius 1 is 1.46 bits per heavy atom. The summed E-state index contributed by atoms with van der Waals surface area (Å²) in [5, 5.41) is 13.0. The minimum absolute atomic E-state index is 0.322. The van der Waals surface area contributed by atoms with Crippen molar-refractivity contribution in [1.82, 2.24) is 10.3 Å². The number of hydrogen-bond acceptors (Lipinski definition) is 5. The minimum Gasteiger partial charge on any atom is -0.481 e. The number of carbonyl (C=O) groups excluding carboxylic acids is 1. The number of hydrogen-bond donors (Lipinski definition) is 2. The second-order valence-electron chi connectivity index (χ2n) is 6.41. The number of amides is 1. The first kappa shape index (κ1) is 16.7. The van der Waals surface area contributed by atoms with Crippen LogP contribution in [-0.2, 0) is 4.79 Å². The van der Waals surface area contributed by atoms with Crippen molar-refractivity contribution >= 4 is 23.2 Å². The fraction of sp³-hybridized carbons (Fsp3) is 0.471. The van der Waals surface area contributed by atoms with Crippen molar-refractivity contribution in [2.24, 2.45) is 5.92 Å². The Kier molecular flexibility index (Phi) is 4.45. The minimum atomic E-state index is -0.858. The van der Waals surface area contributed by atoms with Crippen molar-refractivity contribution in [1.29, 1.82) is 0 Å². The zero-order valence-corrected chi connectivity index (χ0v) is 14.5. The van der Waals surface area contributed by atoms with Gasteiger partial charge in [0.25, 0.3) is 5.91 Å². The van der Waals surface area contributed by atoms with E-state index in [0.29, 0.717) is 29.3 Å². The van der Waals surface area contributed by atoms with E-state index in [1.165, 1.54) is 11.3 Å². The number of carboxylic acids is 1. The highest BCUT2D eigenvalue weighted by Crippen LogP contribution is 2.35. The Balaban J connectivity index is 1.83. The summed E-state index contributed by atoms with van der Waals surface area (Å²) in [6.07, 6.45) is 4.59. The van der Waals surface area contributed by atoms with Gasteiger partial charge in [-0.3, -0.25) is 9.59 Å². The summed E-state index contributed by atoms with van der Waals surface area (Å²) in [6, 6.07) is 3.56. The second kappa shape index (κ2) is 6.39. The van der Waals surface area contributed by atoms with Gasteiger partial charge in [0, 0.05) is 4.88 Å². The van der Waals surface area contributed by atoms with E-state index in [0.717, 1.165) is 17.7 Å². The molecule has 0 bridgehead atoms. The van der Waals surface area contributed by atoms with Crippen molar-refractivity contribution in [3.63, 3.8) is 0 Å². The molecule has 0 aromatic carbocycles. The standard InChI is InChI=1S/C17H20N2O4S/c1-10-13(18-15(24-10)12-7-5-9-23-12)14(20)19-17(2)8-4-3-6-11(17)16(21)22/h5,7,9,11H,3-4,6,8H2,1-2H3,(H,19,20)(H,21,22). The van der Waals surface area contributed by atoms with Gasteiger partial charge < -0.3 is 14.8 Å². The molecule has 24 heavy (non-hydrogen) atoms. The largest absolute Gasteiger partial charge is 0.481 e. The number of carboxylic acid groups (broad SMARTS) is 1. The smallest absolute Gasteiger partial charge is 0.308 e. The van der Waals surface area contributed by atoms with Gasteiger partial charge in [0.1, 0.15) is 5.69 Å². The zero-order valence-electron chi connectivity index (χ0n) is 13.7. The molecule has 3 rings (SSSR count). The molecule has 2 N–H and O–H groups in total. The third-order valence-electron chi connectivity index (χ3n) is 4.65. The predicted molar refractivity (Wildman–Crippen MR) is 90.0 cm³/mol. The summed E-state index contributed by atoms with van der Waals surface area (Å²) in [4.78, 5) is 29.4. The number of furan rings is 1. The molecule has 2 heterocycles. The molecule has 1 amide bonds. The van der Waals surface area contributed by atoms with E-state index >= 15 is 0 Å². The number of aliphatic carboxylic acids is 1. The van der Waals surface area contributed by atoms with Crippen LogP contribution in [0.4, 0.5) is 0 Å². The highest BCUT2D eigenvalue weighted by atomic mass is 32.1. The molecule has 6 nitrogen and oxygen atoms in total. The normalized spacial score (nSPS) is 23.8. The Hall–Kier alpha value is -2.15. The molecule has 2 atom stereocenters. The fourth-order valence-electron chi connectivity index (χ4n) is 3.31. The van der Waals surface area contributed by atoms with E-state index in [1.807, 2.05) is 13.8 Å². The van der Waals surface area contributed by atoms with Crippen molar-refractivity contribution in [2.45, 2.75) is 45.1 Å². The van der Waals surface area contributed by atoms with E-state index < -0.39 is 17.4 Å². The first-order valence-electron chi connectivity index (χ1n) is 7.97. The van der Waals surface area contributed by atoms with Crippen LogP contribution >= 0.6 is 11.3 Å². The van der Waals surface area contributed by atoms with Crippen LogP contribution in [-0.4, -0.2) is 27.5 Å². The molecule has 2 unspecified atom stereocenters. The molecular weight excluding hydrogens is 328 g/mol. The molecule has 0 saturated heterocycles. The van der Waals surface area contributed by atoms with Crippen LogP contribution in [0.25, 0.3) is 10.8 Å². The first-order chi connectivity index (χ1) is 11.4. The van der Waals surface area contributed by atoms with Gasteiger partial charge in [0.05, 0.1) is 17.7 Å². The quantitative estimate of drug-likeness (QED) is 0.882. The SMILES string of the molecule is Cc1sc(-c2ccco2)nc1C(=O)NC1(C)CCCCC1C(=O)O. The lowest BCUT2D eigenvalue weighted by Gasteiger charge is -2.39. The van der Waals surface area contributed by atoms with Crippen LogP contribution in [0.1, 0.15) is 48.0 Å². The van der Waals surface area contributed by atoms with Gasteiger partial charge in [-0.1, -0.05) is 12.8 Å². The van der Waals surface area contributed by atoms with Crippen LogP contribution in [0.5, 0.6) is 0 Å². The molecule has 1 aliphatic carbocycles. The summed E-state index contributed by atoms with van der Waals surface area (Å²) in [5.41, 5.74) is -0.412. The van der Waals surface area contributed by atoms with Gasteiger partial charge in [0.15, 0.2) is 10.8 Å². The molecule has 128 valence electrons. The summed E-state index contributed by atoms with van der Waals surface area (Å²) in [6.45, 7) is 3.65. The Bertz CT molecular complexity index is 753. The average molecular weight is 348 g/mol. The Morgan fingerprint density at radius 3 is 2.92 bits per heavy atom. The third kappa shape index (κ3) is 3.08. The van der Waals surface area contributed by atoms with Crippen molar-refractivity contribution in [3.8, 4) is 10.8 Å². The van der Waals surface area contributed by atoms with Crippen LogP contribution in [0.3, 0.4) is 0 Å². The van der Waals surface area contributed by atoms with Gasteiger partial charge in [-0.15, -0.1) is 11.3 Å². The molecule has 1 aliphatic rings. The molecule has 0 radical (unpaired) electrons. The van der Waals surface area contributed by atoms with E-state index in [4.69, 9.17) is 4.42 Å². The third-order valence-corrected chi connectivity index (χ3v) is 5.63. The van der Waals surface area contributed by atoms with Gasteiger partial charge in [-0.25, -0.2) is 4.98 Å². The van der Waals surface area contributed by atoms with E-state index in [2.05, 4.69) is 10.3 Å². The van der Waals surface area contributed by atoms with Gasteiger partial charge in [-0.2, -0.15) is 0 Å². The monoisotopic (exact) mass is 348 g/mol. The summed E-state index contributed by atoms with van der Waals surface area (Å²) in [5.74, 6) is -1.13. The average Bonchev–Trinajstić information content (AvgIpc) is 3.15. The lowest BCUT2D eigenvalue weighted by atomic mass is 9.74. The van der Waals surface area contributed by atoms with Crippen molar-refractivity contribution < 1.29 is 19.1 Å². The maximum atomic E-state index is 12.7. The molecule has 0 spiro atoms. The summed E-state index contributed by atoms with van der Waals surface area (Å²) < 4.78 is 5.32. The maximum Gasteiger partial charge on any atom is 0.308 e. The highest BCUT2D eigenvalue weighted by molar-refractivity contribution is 7.15. The molecule has 2 aromatic rings. The number of carbonyl (C=O) groups is 2. The van der Waals surface area contributed by atoms with Crippen LogP contribution in [0, 0.1) is 12.8 Å². The van der Waals surface area contributed by atoms with Crippen molar-refractivity contribution in [2.75, 3.05) is 0 Å².